The fraction of sp³-hybridized carbons (Fsp3) is 0.429. The Morgan fingerprint density at radius 2 is 1.88 bits per heavy atom. The largest absolute Gasteiger partial charge is 0.490 e. The van der Waals surface area contributed by atoms with E-state index in [2.05, 4.69) is 17.4 Å². The van der Waals surface area contributed by atoms with Gasteiger partial charge in [-0.2, -0.15) is 0 Å². The van der Waals surface area contributed by atoms with Crippen molar-refractivity contribution in [1.82, 2.24) is 0 Å². The first-order valence-corrected chi connectivity index (χ1v) is 9.68. The first-order chi connectivity index (χ1) is 12.7. The van der Waals surface area contributed by atoms with Gasteiger partial charge in [0, 0.05) is 17.2 Å². The van der Waals surface area contributed by atoms with Crippen molar-refractivity contribution in [2.24, 2.45) is 0 Å². The van der Waals surface area contributed by atoms with Crippen LogP contribution >= 0.6 is 11.6 Å². The van der Waals surface area contributed by atoms with Crippen LogP contribution in [0.2, 0.25) is 5.02 Å². The molecule has 0 radical (unpaired) electrons. The monoisotopic (exact) mass is 376 g/mol. The van der Waals surface area contributed by atoms with Gasteiger partial charge in [0.15, 0.2) is 11.5 Å². The zero-order chi connectivity index (χ0) is 18.2. The first-order valence-electron chi connectivity index (χ1n) is 9.31. The average molecular weight is 377 g/mol. The Kier molecular flexibility index (Phi) is 7.18. The van der Waals surface area contributed by atoms with Gasteiger partial charge in [0.1, 0.15) is 25.8 Å². The molecule has 2 N–H and O–H groups in total. The highest BCUT2D eigenvalue weighted by Gasteiger charge is 2.17. The van der Waals surface area contributed by atoms with Crippen LogP contribution in [0.1, 0.15) is 30.9 Å². The lowest BCUT2D eigenvalue weighted by atomic mass is 10.2. The molecule has 4 nitrogen and oxygen atoms in total. The lowest BCUT2D eigenvalue weighted by Crippen LogP contribution is -2.84. The van der Waals surface area contributed by atoms with E-state index in [0.29, 0.717) is 19.3 Å². The molecule has 0 aliphatic carbocycles. The van der Waals surface area contributed by atoms with Crippen molar-refractivity contribution in [2.45, 2.75) is 39.0 Å². The molecule has 26 heavy (non-hydrogen) atoms. The molecule has 1 atom stereocenters. The summed E-state index contributed by atoms with van der Waals surface area (Å²) < 4.78 is 17.4. The molecule has 1 saturated heterocycles. The van der Waals surface area contributed by atoms with Crippen LogP contribution < -0.4 is 14.8 Å². The Balaban J connectivity index is 1.57. The number of rotatable bonds is 9. The smallest absolute Gasteiger partial charge is 0.161 e. The van der Waals surface area contributed by atoms with Crippen LogP contribution in [-0.4, -0.2) is 25.9 Å². The second-order valence-electron chi connectivity index (χ2n) is 6.49. The Hall–Kier alpha value is -1.75. The van der Waals surface area contributed by atoms with Gasteiger partial charge in [-0.05, 0) is 55.7 Å². The van der Waals surface area contributed by atoms with E-state index in [-0.39, 0.29) is 0 Å². The molecule has 140 valence electrons. The highest BCUT2D eigenvalue weighted by molar-refractivity contribution is 6.30. The predicted molar refractivity (Wildman–Crippen MR) is 103 cm³/mol. The van der Waals surface area contributed by atoms with Crippen LogP contribution in [0.4, 0.5) is 0 Å². The highest BCUT2D eigenvalue weighted by Crippen LogP contribution is 2.29. The van der Waals surface area contributed by atoms with Crippen LogP contribution in [0.25, 0.3) is 0 Å². The fourth-order valence-electron chi connectivity index (χ4n) is 3.07. The maximum atomic E-state index is 5.96. The Morgan fingerprint density at radius 1 is 1.08 bits per heavy atom. The molecule has 1 heterocycles. The number of halogens is 1. The second-order valence-corrected chi connectivity index (χ2v) is 6.93. The number of nitrogens with two attached hydrogens (primary N) is 1. The third-order valence-corrected chi connectivity index (χ3v) is 4.70. The van der Waals surface area contributed by atoms with Gasteiger partial charge in [-0.15, -0.1) is 0 Å². The van der Waals surface area contributed by atoms with Crippen LogP contribution in [-0.2, 0) is 17.9 Å². The number of ether oxygens (including phenoxy) is 3. The van der Waals surface area contributed by atoms with E-state index in [1.807, 2.05) is 37.3 Å². The minimum atomic E-state index is 0.406. The molecule has 1 aliphatic heterocycles. The van der Waals surface area contributed by atoms with Crippen LogP contribution in [0, 0.1) is 0 Å². The molecule has 3 rings (SSSR count). The van der Waals surface area contributed by atoms with Crippen LogP contribution in [0.3, 0.4) is 0 Å². The molecule has 1 fully saturated rings. The maximum Gasteiger partial charge on any atom is 0.161 e. The summed E-state index contributed by atoms with van der Waals surface area (Å²) >= 11 is 5.92. The fourth-order valence-corrected chi connectivity index (χ4v) is 3.20. The van der Waals surface area contributed by atoms with Crippen LogP contribution in [0.15, 0.2) is 42.5 Å². The third-order valence-electron chi connectivity index (χ3n) is 4.45. The number of hydrogen-bond donors (Lipinski definition) is 1. The van der Waals surface area contributed by atoms with E-state index < -0.39 is 0 Å². The van der Waals surface area contributed by atoms with E-state index in [1.165, 1.54) is 18.4 Å². The summed E-state index contributed by atoms with van der Waals surface area (Å²) in [5.41, 5.74) is 2.30. The lowest BCUT2D eigenvalue weighted by Gasteiger charge is -2.14. The molecule has 0 aromatic heterocycles. The number of quaternary nitrogens is 1. The predicted octanol–water partition coefficient (Wildman–Crippen LogP) is 3.56. The normalized spacial score (nSPS) is 16.6. The van der Waals surface area contributed by atoms with E-state index in [1.54, 1.807) is 0 Å². The molecule has 0 amide bonds. The maximum absolute atomic E-state index is 5.96. The number of hydrogen-bond acceptors (Lipinski definition) is 3. The summed E-state index contributed by atoms with van der Waals surface area (Å²) in [4.78, 5) is 0. The molecule has 0 bridgehead atoms. The Bertz CT molecular complexity index is 684. The van der Waals surface area contributed by atoms with Gasteiger partial charge in [-0.25, -0.2) is 0 Å². The van der Waals surface area contributed by atoms with Crippen molar-refractivity contribution < 1.29 is 19.5 Å². The minimum Gasteiger partial charge on any atom is -0.490 e. The van der Waals surface area contributed by atoms with Gasteiger partial charge in [-0.1, -0.05) is 23.7 Å². The molecular weight excluding hydrogens is 350 g/mol. The van der Waals surface area contributed by atoms with Crippen molar-refractivity contribution in [1.29, 1.82) is 0 Å². The Labute approximate surface area is 160 Å². The molecule has 0 spiro atoms. The average Bonchev–Trinajstić information content (AvgIpc) is 3.16. The molecule has 2 aromatic rings. The van der Waals surface area contributed by atoms with E-state index in [0.717, 1.165) is 41.8 Å². The zero-order valence-electron chi connectivity index (χ0n) is 15.2. The van der Waals surface area contributed by atoms with Crippen molar-refractivity contribution >= 4 is 11.6 Å². The third kappa shape index (κ3) is 5.63. The standard InChI is InChI=1S/C21H26ClNO3/c1-2-24-21-12-17(13-23-14-19-4-3-11-25-19)7-10-20(21)26-15-16-5-8-18(22)9-6-16/h5-10,12,19,23H,2-4,11,13-15H2,1H3/p+1/t19-/m1/s1. The van der Waals surface area contributed by atoms with Gasteiger partial charge in [0.25, 0.3) is 0 Å². The van der Waals surface area contributed by atoms with Crippen molar-refractivity contribution in [3.05, 3.63) is 58.6 Å². The van der Waals surface area contributed by atoms with Crippen molar-refractivity contribution in [3.63, 3.8) is 0 Å². The highest BCUT2D eigenvalue weighted by atomic mass is 35.5. The van der Waals surface area contributed by atoms with Gasteiger partial charge >= 0.3 is 0 Å². The summed E-state index contributed by atoms with van der Waals surface area (Å²) in [6, 6.07) is 13.9. The summed E-state index contributed by atoms with van der Waals surface area (Å²) in [5, 5.41) is 3.03. The van der Waals surface area contributed by atoms with E-state index in [4.69, 9.17) is 25.8 Å². The number of benzene rings is 2. The first kappa shape index (κ1) is 19.0. The topological polar surface area (TPSA) is 44.3 Å². The summed E-state index contributed by atoms with van der Waals surface area (Å²) in [6.45, 7) is 5.92. The minimum absolute atomic E-state index is 0.406. The molecule has 0 saturated carbocycles. The van der Waals surface area contributed by atoms with E-state index >= 15 is 0 Å². The molecule has 0 unspecified atom stereocenters. The van der Waals surface area contributed by atoms with Gasteiger partial charge in [0.2, 0.25) is 0 Å². The lowest BCUT2D eigenvalue weighted by molar-refractivity contribution is -0.676. The summed E-state index contributed by atoms with van der Waals surface area (Å²) in [5.74, 6) is 1.56. The zero-order valence-corrected chi connectivity index (χ0v) is 16.0. The van der Waals surface area contributed by atoms with Crippen molar-refractivity contribution in [2.75, 3.05) is 19.8 Å². The quantitative estimate of drug-likeness (QED) is 0.727. The van der Waals surface area contributed by atoms with E-state index in [9.17, 15) is 0 Å². The summed E-state index contributed by atoms with van der Waals surface area (Å²) in [6.07, 6.45) is 2.77. The molecule has 5 heteroatoms. The van der Waals surface area contributed by atoms with Gasteiger partial charge in [-0.3, -0.25) is 0 Å². The van der Waals surface area contributed by atoms with Gasteiger partial charge in [0.05, 0.1) is 6.61 Å². The summed E-state index contributed by atoms with van der Waals surface area (Å²) in [7, 11) is 0. The van der Waals surface area contributed by atoms with Crippen molar-refractivity contribution in [3.8, 4) is 11.5 Å². The van der Waals surface area contributed by atoms with Gasteiger partial charge < -0.3 is 19.5 Å². The van der Waals surface area contributed by atoms with Crippen LogP contribution in [0.5, 0.6) is 11.5 Å². The Morgan fingerprint density at radius 3 is 2.62 bits per heavy atom. The molecule has 2 aromatic carbocycles. The second kappa shape index (κ2) is 9.81. The SMILES string of the molecule is CCOc1cc(C[NH2+]C[C@H]2CCCO2)ccc1OCc1ccc(Cl)cc1. The molecule has 1 aliphatic rings. The molecular formula is C21H27ClNO3+.